The van der Waals surface area contributed by atoms with Gasteiger partial charge < -0.3 is 9.47 Å². The number of ether oxygens (including phenoxy) is 2. The number of benzene rings is 2. The van der Waals surface area contributed by atoms with Crippen molar-refractivity contribution >= 4 is 23.2 Å². The predicted octanol–water partition coefficient (Wildman–Crippen LogP) is 3.92. The van der Waals surface area contributed by atoms with Crippen molar-refractivity contribution in [1.82, 2.24) is 19.8 Å². The zero-order chi connectivity index (χ0) is 21.1. The van der Waals surface area contributed by atoms with E-state index in [0.29, 0.717) is 33.6 Å². The van der Waals surface area contributed by atoms with E-state index in [9.17, 15) is 9.18 Å². The Kier molecular flexibility index (Phi) is 5.62. The number of methoxy groups -OCH3 is 2. The second-order valence-electron chi connectivity index (χ2n) is 6.26. The zero-order valence-corrected chi connectivity index (χ0v) is 17.0. The quantitative estimate of drug-likeness (QED) is 0.329. The topological polar surface area (TPSA) is 78.6 Å². The minimum absolute atomic E-state index is 0.132. The summed E-state index contributed by atoms with van der Waals surface area (Å²) in [5.41, 5.74) is 2.53. The van der Waals surface area contributed by atoms with Gasteiger partial charge in [-0.2, -0.15) is 9.61 Å². The number of rotatable bonds is 7. The van der Waals surface area contributed by atoms with Crippen molar-refractivity contribution < 1.29 is 18.7 Å². The van der Waals surface area contributed by atoms with Crippen molar-refractivity contribution in [2.75, 3.05) is 20.0 Å². The molecule has 0 amide bonds. The normalized spacial score (nSPS) is 10.9. The smallest absolute Gasteiger partial charge is 0.212 e. The van der Waals surface area contributed by atoms with E-state index >= 15 is 0 Å². The van der Waals surface area contributed by atoms with Crippen molar-refractivity contribution in [2.24, 2.45) is 0 Å². The summed E-state index contributed by atoms with van der Waals surface area (Å²) in [6, 6.07) is 14.6. The van der Waals surface area contributed by atoms with Gasteiger partial charge in [0.15, 0.2) is 22.9 Å². The molecule has 0 spiro atoms. The maximum absolute atomic E-state index is 13.0. The first kappa shape index (κ1) is 19.8. The SMILES string of the molecule is COc1ccc(-c2ccc3nnc(SCC(=O)c4ccc(F)cc4)n3n2)cc1OC. The molecule has 4 aromatic rings. The zero-order valence-electron chi connectivity index (χ0n) is 16.2. The third kappa shape index (κ3) is 3.97. The fraction of sp³-hybridized carbons (Fsp3) is 0.143. The van der Waals surface area contributed by atoms with Crippen LogP contribution in [-0.4, -0.2) is 45.6 Å². The number of halogens is 1. The molecule has 0 aliphatic rings. The second-order valence-corrected chi connectivity index (χ2v) is 7.20. The van der Waals surface area contributed by atoms with Gasteiger partial charge in [0.25, 0.3) is 0 Å². The van der Waals surface area contributed by atoms with E-state index in [4.69, 9.17) is 9.47 Å². The third-order valence-corrected chi connectivity index (χ3v) is 5.33. The Labute approximate surface area is 175 Å². The van der Waals surface area contributed by atoms with E-state index in [2.05, 4.69) is 15.3 Å². The second kappa shape index (κ2) is 8.50. The lowest BCUT2D eigenvalue weighted by atomic mass is 10.1. The van der Waals surface area contributed by atoms with Crippen LogP contribution in [0.15, 0.2) is 59.8 Å². The number of fused-ring (bicyclic) bond motifs is 1. The fourth-order valence-electron chi connectivity index (χ4n) is 2.86. The predicted molar refractivity (Wildman–Crippen MR) is 111 cm³/mol. The van der Waals surface area contributed by atoms with Gasteiger partial charge in [-0.1, -0.05) is 11.8 Å². The number of thioether (sulfide) groups is 1. The first-order chi connectivity index (χ1) is 14.6. The number of nitrogens with zero attached hydrogens (tertiary/aromatic N) is 4. The molecule has 2 heterocycles. The Morgan fingerprint density at radius 3 is 2.50 bits per heavy atom. The Hall–Kier alpha value is -3.46. The molecule has 0 N–H and O–H groups in total. The van der Waals surface area contributed by atoms with Crippen molar-refractivity contribution in [2.45, 2.75) is 5.16 Å². The summed E-state index contributed by atoms with van der Waals surface area (Å²) in [5, 5.41) is 13.3. The molecule has 2 aromatic carbocycles. The molecule has 0 aliphatic carbocycles. The van der Waals surface area contributed by atoms with Gasteiger partial charge >= 0.3 is 0 Å². The van der Waals surface area contributed by atoms with E-state index < -0.39 is 0 Å². The molecule has 0 radical (unpaired) electrons. The largest absolute Gasteiger partial charge is 0.493 e. The van der Waals surface area contributed by atoms with Crippen molar-refractivity contribution in [1.29, 1.82) is 0 Å². The van der Waals surface area contributed by atoms with Gasteiger partial charge in [0.2, 0.25) is 5.16 Å². The lowest BCUT2D eigenvalue weighted by molar-refractivity contribution is 0.102. The van der Waals surface area contributed by atoms with Crippen LogP contribution in [0, 0.1) is 5.82 Å². The molecule has 7 nitrogen and oxygen atoms in total. The van der Waals surface area contributed by atoms with E-state index in [1.807, 2.05) is 24.3 Å². The van der Waals surface area contributed by atoms with E-state index in [1.54, 1.807) is 24.8 Å². The average Bonchev–Trinajstić information content (AvgIpc) is 3.19. The third-order valence-electron chi connectivity index (χ3n) is 4.41. The highest BCUT2D eigenvalue weighted by molar-refractivity contribution is 7.99. The number of aromatic nitrogens is 4. The molecule has 152 valence electrons. The number of carbonyl (C=O) groups is 1. The number of ketones is 1. The van der Waals surface area contributed by atoms with Crippen LogP contribution in [0.2, 0.25) is 0 Å². The summed E-state index contributed by atoms with van der Waals surface area (Å²) in [5.74, 6) is 0.846. The first-order valence-electron chi connectivity index (χ1n) is 8.95. The highest BCUT2D eigenvalue weighted by Gasteiger charge is 2.14. The standard InChI is InChI=1S/C21H17FN4O3S/c1-28-18-9-5-14(11-19(18)29-2)16-8-10-20-23-24-21(26(20)25-16)30-12-17(27)13-3-6-15(22)7-4-13/h3-11H,12H2,1-2H3. The monoisotopic (exact) mass is 424 g/mol. The lowest BCUT2D eigenvalue weighted by Gasteiger charge is -2.09. The molecule has 0 atom stereocenters. The van der Waals surface area contributed by atoms with Crippen LogP contribution in [0.3, 0.4) is 0 Å². The summed E-state index contributed by atoms with van der Waals surface area (Å²) in [7, 11) is 3.15. The Bertz CT molecular complexity index is 1210. The maximum Gasteiger partial charge on any atom is 0.212 e. The molecule has 0 fully saturated rings. The van der Waals surface area contributed by atoms with Gasteiger partial charge in [0, 0.05) is 11.1 Å². The molecular formula is C21H17FN4O3S. The van der Waals surface area contributed by atoms with Crippen molar-refractivity contribution in [3.63, 3.8) is 0 Å². The van der Waals surface area contributed by atoms with E-state index in [-0.39, 0.29) is 17.4 Å². The van der Waals surface area contributed by atoms with Crippen molar-refractivity contribution in [3.05, 3.63) is 66.0 Å². The number of hydrogen-bond acceptors (Lipinski definition) is 7. The molecule has 0 saturated carbocycles. The molecule has 9 heteroatoms. The molecule has 0 bridgehead atoms. The number of Topliss-reactive ketones (excluding diaryl/α,β-unsaturated/α-hetero) is 1. The summed E-state index contributed by atoms with van der Waals surface area (Å²) >= 11 is 1.22. The van der Waals surface area contributed by atoms with Gasteiger partial charge in [-0.05, 0) is 54.6 Å². The fourth-order valence-corrected chi connectivity index (χ4v) is 3.64. The Morgan fingerprint density at radius 1 is 1.00 bits per heavy atom. The minimum Gasteiger partial charge on any atom is -0.493 e. The van der Waals surface area contributed by atoms with E-state index in [0.717, 1.165) is 5.56 Å². The summed E-state index contributed by atoms with van der Waals surface area (Å²) in [4.78, 5) is 12.4. The van der Waals surface area contributed by atoms with Crippen molar-refractivity contribution in [3.8, 4) is 22.8 Å². The number of carbonyl (C=O) groups excluding carboxylic acids is 1. The Balaban J connectivity index is 1.59. The first-order valence-corrected chi connectivity index (χ1v) is 9.94. The van der Waals surface area contributed by atoms with Crippen LogP contribution in [0.1, 0.15) is 10.4 Å². The summed E-state index contributed by atoms with van der Waals surface area (Å²) in [6.45, 7) is 0. The number of hydrogen-bond donors (Lipinski definition) is 0. The minimum atomic E-state index is -0.380. The summed E-state index contributed by atoms with van der Waals surface area (Å²) < 4.78 is 25.3. The van der Waals surface area contributed by atoms with Gasteiger partial charge in [0.05, 0.1) is 25.7 Å². The van der Waals surface area contributed by atoms with Gasteiger partial charge in [-0.15, -0.1) is 10.2 Å². The lowest BCUT2D eigenvalue weighted by Crippen LogP contribution is -2.04. The molecule has 0 saturated heterocycles. The van der Waals surface area contributed by atoms with Gasteiger partial charge in [-0.25, -0.2) is 4.39 Å². The highest BCUT2D eigenvalue weighted by atomic mass is 32.2. The highest BCUT2D eigenvalue weighted by Crippen LogP contribution is 2.31. The van der Waals surface area contributed by atoms with Crippen LogP contribution in [0.25, 0.3) is 16.9 Å². The molecule has 0 unspecified atom stereocenters. The van der Waals surface area contributed by atoms with Crippen LogP contribution in [0.5, 0.6) is 11.5 Å². The summed E-state index contributed by atoms with van der Waals surface area (Å²) in [6.07, 6.45) is 0. The molecule has 2 aromatic heterocycles. The van der Waals surface area contributed by atoms with Gasteiger partial charge in [0.1, 0.15) is 5.82 Å². The van der Waals surface area contributed by atoms with Crippen LogP contribution >= 0.6 is 11.8 Å². The average molecular weight is 424 g/mol. The van der Waals surface area contributed by atoms with Gasteiger partial charge in [-0.3, -0.25) is 4.79 Å². The Morgan fingerprint density at radius 2 is 1.77 bits per heavy atom. The molecule has 0 aliphatic heterocycles. The molecule has 30 heavy (non-hydrogen) atoms. The van der Waals surface area contributed by atoms with Crippen LogP contribution < -0.4 is 9.47 Å². The molecule has 4 rings (SSSR count). The molecular weight excluding hydrogens is 407 g/mol. The van der Waals surface area contributed by atoms with Crippen LogP contribution in [0.4, 0.5) is 4.39 Å². The van der Waals surface area contributed by atoms with E-state index in [1.165, 1.54) is 36.0 Å². The maximum atomic E-state index is 13.0. The van der Waals surface area contributed by atoms with Crippen LogP contribution in [-0.2, 0) is 0 Å².